The number of nitrogens with one attached hydrogen (secondary N) is 1. The third-order valence-electron chi connectivity index (χ3n) is 4.35. The Kier molecular flexibility index (Phi) is 7.74. The van der Waals surface area contributed by atoms with Crippen LogP contribution in [0.3, 0.4) is 0 Å². The maximum absolute atomic E-state index is 11.8. The summed E-state index contributed by atoms with van der Waals surface area (Å²) in [7, 11) is 0. The molecule has 0 radical (unpaired) electrons. The van der Waals surface area contributed by atoms with Crippen LogP contribution in [0.1, 0.15) is 38.3 Å². The number of hydrogen-bond donors (Lipinski definition) is 1. The van der Waals surface area contributed by atoms with Gasteiger partial charge >= 0.3 is 35.7 Å². The Bertz CT molecular complexity index is 1020. The van der Waals surface area contributed by atoms with E-state index in [1.807, 2.05) is 57.2 Å². The number of carboxylic acid groups (broad SMARTS) is 1. The zero-order valence-electron chi connectivity index (χ0n) is 17.3. The number of hydrogen-bond acceptors (Lipinski definition) is 5. The maximum Gasteiger partial charge on any atom is 1.00 e. The zero-order valence-corrected chi connectivity index (χ0v) is 19.3. The van der Waals surface area contributed by atoms with Gasteiger partial charge in [-0.15, -0.1) is 0 Å². The first-order valence-electron chi connectivity index (χ1n) is 9.33. The number of ether oxygens (including phenoxy) is 1. The van der Waals surface area contributed by atoms with Crippen LogP contribution < -0.4 is 40.0 Å². The van der Waals surface area contributed by atoms with Gasteiger partial charge in [0.2, 0.25) is 0 Å². The van der Waals surface area contributed by atoms with Crippen molar-refractivity contribution in [3.05, 3.63) is 47.5 Å². The number of carbonyl (C=O) groups is 2. The summed E-state index contributed by atoms with van der Waals surface area (Å²) in [6.45, 7) is 5.88. The summed E-state index contributed by atoms with van der Waals surface area (Å²) in [4.78, 5) is 22.6. The number of carbonyl (C=O) groups excluding carboxylic acids is 2. The summed E-state index contributed by atoms with van der Waals surface area (Å²) in [5.74, 6) is -1.08. The molecule has 3 aromatic rings. The van der Waals surface area contributed by atoms with Crippen molar-refractivity contribution in [1.82, 2.24) is 5.32 Å². The molecule has 6 nitrogen and oxygen atoms in total. The minimum absolute atomic E-state index is 0. The minimum atomic E-state index is -1.08. The molecule has 148 valence electrons. The van der Waals surface area contributed by atoms with Crippen molar-refractivity contribution in [3.8, 4) is 0 Å². The molecule has 0 aliphatic rings. The molecule has 2 aromatic carbocycles. The summed E-state index contributed by atoms with van der Waals surface area (Å²) in [5, 5.41) is 15.5. The van der Waals surface area contributed by atoms with Crippen molar-refractivity contribution in [2.45, 2.75) is 45.6 Å². The van der Waals surface area contributed by atoms with E-state index in [1.54, 1.807) is 0 Å². The zero-order chi connectivity index (χ0) is 20.3. The summed E-state index contributed by atoms with van der Waals surface area (Å²) >= 11 is 0. The first-order chi connectivity index (χ1) is 13.2. The Morgan fingerprint density at radius 3 is 2.07 bits per heavy atom. The van der Waals surface area contributed by atoms with Gasteiger partial charge in [0.05, 0.1) is 0 Å². The predicted octanol–water partition coefficient (Wildman–Crippen LogP) is 0.340. The van der Waals surface area contributed by atoms with Crippen LogP contribution in [0, 0.1) is 0 Å². The van der Waals surface area contributed by atoms with Crippen molar-refractivity contribution in [3.63, 3.8) is 0 Å². The van der Waals surface area contributed by atoms with E-state index in [-0.39, 0.29) is 36.0 Å². The number of aryl methyl sites for hydroxylation is 1. The van der Waals surface area contributed by atoms with Crippen LogP contribution >= 0.6 is 0 Å². The van der Waals surface area contributed by atoms with Gasteiger partial charge in [-0.1, -0.05) is 36.4 Å². The second kappa shape index (κ2) is 9.65. The van der Waals surface area contributed by atoms with Crippen LogP contribution in [0.15, 0.2) is 40.8 Å². The molecule has 3 rings (SSSR count). The van der Waals surface area contributed by atoms with Crippen LogP contribution in [0.25, 0.3) is 21.9 Å². The van der Waals surface area contributed by atoms with Gasteiger partial charge in [0, 0.05) is 23.3 Å². The molecule has 1 N–H and O–H groups in total. The smallest absolute Gasteiger partial charge is 0.550 e. The molecule has 0 atom stereocenters. The number of rotatable bonds is 6. The molecule has 0 aliphatic carbocycles. The monoisotopic (exact) mass is 405 g/mol. The Morgan fingerprint density at radius 1 is 1.00 bits per heavy atom. The first kappa shape index (κ1) is 23.3. The number of amides is 1. The summed E-state index contributed by atoms with van der Waals surface area (Å²) in [6.07, 6.45) is 0.441. The van der Waals surface area contributed by atoms with E-state index >= 15 is 0 Å². The fourth-order valence-electron chi connectivity index (χ4n) is 3.18. The molecule has 0 unspecified atom stereocenters. The summed E-state index contributed by atoms with van der Waals surface area (Å²) < 4.78 is 11.4. The second-order valence-electron chi connectivity index (χ2n) is 7.74. The molecule has 7 heteroatoms. The van der Waals surface area contributed by atoms with Crippen LogP contribution in [0.2, 0.25) is 0 Å². The quantitative estimate of drug-likeness (QED) is 0.597. The largest absolute Gasteiger partial charge is 1.00 e. The first-order valence-corrected chi connectivity index (χ1v) is 9.33. The van der Waals surface area contributed by atoms with Gasteiger partial charge < -0.3 is 24.4 Å². The molecule has 0 fully saturated rings. The molecular weight excluding hydrogens is 381 g/mol. The Balaban J connectivity index is 0.00000300. The van der Waals surface area contributed by atoms with E-state index in [0.717, 1.165) is 27.5 Å². The van der Waals surface area contributed by atoms with Gasteiger partial charge in [-0.2, -0.15) is 0 Å². The van der Waals surface area contributed by atoms with Crippen molar-refractivity contribution < 1.29 is 53.4 Å². The van der Waals surface area contributed by atoms with Gasteiger partial charge in [0.25, 0.3) is 0 Å². The number of alkyl carbamates (subject to hydrolysis) is 1. The number of fused-ring (bicyclic) bond motifs is 3. The van der Waals surface area contributed by atoms with Crippen molar-refractivity contribution in [1.29, 1.82) is 0 Å². The number of carboxylic acids is 1. The SMILES string of the molecule is CC(C)(C)OC(=O)NCCc1cccc2c1oc1c(CCC(=O)[O-])cccc12.[Na+]. The molecule has 0 aliphatic heterocycles. The molecule has 0 saturated carbocycles. The molecule has 0 spiro atoms. The predicted molar refractivity (Wildman–Crippen MR) is 105 cm³/mol. The van der Waals surface area contributed by atoms with E-state index in [0.29, 0.717) is 25.0 Å². The molecule has 1 aromatic heterocycles. The second-order valence-corrected chi connectivity index (χ2v) is 7.74. The van der Waals surface area contributed by atoms with Crippen LogP contribution in [-0.4, -0.2) is 24.2 Å². The van der Waals surface area contributed by atoms with E-state index < -0.39 is 17.7 Å². The molecular formula is C22H24NNaO5. The average molecular weight is 405 g/mol. The number of para-hydroxylation sites is 2. The normalized spacial score (nSPS) is 11.3. The Hall–Kier alpha value is -2.02. The van der Waals surface area contributed by atoms with E-state index in [1.165, 1.54) is 0 Å². The molecule has 0 bridgehead atoms. The third-order valence-corrected chi connectivity index (χ3v) is 4.35. The van der Waals surface area contributed by atoms with Gasteiger partial charge in [-0.05, 0) is 51.2 Å². The topological polar surface area (TPSA) is 91.6 Å². The summed E-state index contributed by atoms with van der Waals surface area (Å²) in [5.41, 5.74) is 2.73. The van der Waals surface area contributed by atoms with Crippen molar-refractivity contribution in [2.24, 2.45) is 0 Å². The standard InChI is InChI=1S/C22H25NO5.Na/c1-22(2,3)28-21(26)23-13-12-15-7-5-9-17-16-8-4-6-14(10-11-18(24)25)19(16)27-20(15)17;/h4-9H,10-13H2,1-3H3,(H,23,26)(H,24,25);/q;+1/p-1. The van der Waals surface area contributed by atoms with Gasteiger partial charge in [0.1, 0.15) is 16.8 Å². The van der Waals surface area contributed by atoms with Gasteiger partial charge in [0.15, 0.2) is 0 Å². The molecule has 1 heterocycles. The minimum Gasteiger partial charge on any atom is -0.550 e. The number of aliphatic carboxylic acids is 1. The molecule has 0 saturated heterocycles. The van der Waals surface area contributed by atoms with Gasteiger partial charge in [-0.25, -0.2) is 4.79 Å². The fraction of sp³-hybridized carbons (Fsp3) is 0.364. The van der Waals surface area contributed by atoms with E-state index in [2.05, 4.69) is 5.32 Å². The number of benzene rings is 2. The molecule has 29 heavy (non-hydrogen) atoms. The van der Waals surface area contributed by atoms with E-state index in [9.17, 15) is 14.7 Å². The van der Waals surface area contributed by atoms with Crippen molar-refractivity contribution >= 4 is 34.0 Å². The van der Waals surface area contributed by atoms with Crippen LogP contribution in [0.5, 0.6) is 0 Å². The average Bonchev–Trinajstić information content (AvgIpc) is 2.98. The Labute approximate surface area is 191 Å². The Morgan fingerprint density at radius 2 is 1.55 bits per heavy atom. The maximum atomic E-state index is 11.8. The van der Waals surface area contributed by atoms with Gasteiger partial charge in [-0.3, -0.25) is 0 Å². The fourth-order valence-corrected chi connectivity index (χ4v) is 3.18. The third kappa shape index (κ3) is 5.98. The molecule has 1 amide bonds. The number of furan rings is 1. The summed E-state index contributed by atoms with van der Waals surface area (Å²) in [6, 6.07) is 11.6. The van der Waals surface area contributed by atoms with Crippen LogP contribution in [-0.2, 0) is 22.4 Å². The van der Waals surface area contributed by atoms with Crippen molar-refractivity contribution in [2.75, 3.05) is 6.54 Å². The van der Waals surface area contributed by atoms with Crippen LogP contribution in [0.4, 0.5) is 4.79 Å². The van der Waals surface area contributed by atoms with E-state index in [4.69, 9.17) is 9.15 Å².